The number of carbonyl (C=O) groups is 1. The minimum Gasteiger partial charge on any atom is -0.466 e. The van der Waals surface area contributed by atoms with Crippen LogP contribution in [0.25, 0.3) is 0 Å². The number of benzene rings is 2. The van der Waals surface area contributed by atoms with Crippen LogP contribution in [0.2, 0.25) is 10.0 Å². The van der Waals surface area contributed by atoms with Gasteiger partial charge in [-0.1, -0.05) is 35.3 Å². The first kappa shape index (κ1) is 19.6. The van der Waals surface area contributed by atoms with Gasteiger partial charge in [0.25, 0.3) is 0 Å². The highest BCUT2D eigenvalue weighted by atomic mass is 35.5. The standard InChI is InChI=1S/C19H20Cl2O4/c1-3-23-17(12-19(22)24-4-2)13-5-8-15(9-6-13)25-18-11-14(20)7-10-16(18)21/h5-11,17H,3-4,12H2,1-2H3/t17-/m0/s1. The molecule has 0 aliphatic rings. The minimum atomic E-state index is -0.354. The summed E-state index contributed by atoms with van der Waals surface area (Å²) in [6.07, 6.45) is -0.185. The highest BCUT2D eigenvalue weighted by Gasteiger charge is 2.17. The van der Waals surface area contributed by atoms with E-state index in [-0.39, 0.29) is 18.5 Å². The van der Waals surface area contributed by atoms with Crippen LogP contribution in [0.15, 0.2) is 42.5 Å². The average molecular weight is 383 g/mol. The second-order valence-corrected chi connectivity index (χ2v) is 6.04. The SMILES string of the molecule is CCOC(=O)C[C@H](OCC)c1ccc(Oc2cc(Cl)ccc2Cl)cc1. The molecule has 0 radical (unpaired) electrons. The zero-order valence-electron chi connectivity index (χ0n) is 14.1. The van der Waals surface area contributed by atoms with Gasteiger partial charge in [0, 0.05) is 17.7 Å². The number of hydrogen-bond acceptors (Lipinski definition) is 4. The van der Waals surface area contributed by atoms with Crippen LogP contribution in [-0.2, 0) is 14.3 Å². The molecule has 2 aromatic rings. The van der Waals surface area contributed by atoms with Gasteiger partial charge in [0.15, 0.2) is 0 Å². The molecule has 2 rings (SSSR count). The first-order valence-corrected chi connectivity index (χ1v) is 8.79. The molecule has 0 aliphatic carbocycles. The fourth-order valence-corrected chi connectivity index (χ4v) is 2.60. The Kier molecular flexibility index (Phi) is 7.56. The Bertz CT molecular complexity index is 701. The van der Waals surface area contributed by atoms with Crippen molar-refractivity contribution in [3.05, 3.63) is 58.1 Å². The topological polar surface area (TPSA) is 44.8 Å². The Morgan fingerprint density at radius 1 is 1.04 bits per heavy atom. The summed E-state index contributed by atoms with van der Waals surface area (Å²) >= 11 is 12.1. The van der Waals surface area contributed by atoms with Gasteiger partial charge in [0.1, 0.15) is 11.5 Å². The van der Waals surface area contributed by atoms with Crippen molar-refractivity contribution in [1.29, 1.82) is 0 Å². The minimum absolute atomic E-state index is 0.169. The smallest absolute Gasteiger partial charge is 0.308 e. The fraction of sp³-hybridized carbons (Fsp3) is 0.316. The van der Waals surface area contributed by atoms with Gasteiger partial charge < -0.3 is 14.2 Å². The molecule has 4 nitrogen and oxygen atoms in total. The van der Waals surface area contributed by atoms with E-state index in [2.05, 4.69) is 0 Å². The Hall–Kier alpha value is -1.75. The van der Waals surface area contributed by atoms with Crippen molar-refractivity contribution in [3.63, 3.8) is 0 Å². The summed E-state index contributed by atoms with van der Waals surface area (Å²) in [6.45, 7) is 4.52. The van der Waals surface area contributed by atoms with E-state index in [4.69, 9.17) is 37.4 Å². The Balaban J connectivity index is 2.11. The van der Waals surface area contributed by atoms with Gasteiger partial charge in [0.2, 0.25) is 0 Å². The van der Waals surface area contributed by atoms with Gasteiger partial charge in [-0.15, -0.1) is 0 Å². The molecule has 2 aromatic carbocycles. The third kappa shape index (κ3) is 5.92. The monoisotopic (exact) mass is 382 g/mol. The van der Waals surface area contributed by atoms with Gasteiger partial charge in [-0.2, -0.15) is 0 Å². The van der Waals surface area contributed by atoms with Gasteiger partial charge in [-0.05, 0) is 43.7 Å². The molecule has 0 bridgehead atoms. The van der Waals surface area contributed by atoms with E-state index in [0.29, 0.717) is 34.8 Å². The molecule has 0 heterocycles. The maximum Gasteiger partial charge on any atom is 0.308 e. The van der Waals surface area contributed by atoms with Crippen LogP contribution in [0.1, 0.15) is 31.9 Å². The number of rotatable bonds is 8. The van der Waals surface area contributed by atoms with E-state index >= 15 is 0 Å². The molecule has 0 amide bonds. The number of ether oxygens (including phenoxy) is 3. The van der Waals surface area contributed by atoms with Crippen LogP contribution in [0.3, 0.4) is 0 Å². The third-order valence-corrected chi connectivity index (χ3v) is 3.95. The van der Waals surface area contributed by atoms with Crippen molar-refractivity contribution < 1.29 is 19.0 Å². The van der Waals surface area contributed by atoms with Crippen molar-refractivity contribution in [1.82, 2.24) is 0 Å². The number of esters is 1. The van der Waals surface area contributed by atoms with Crippen molar-refractivity contribution >= 4 is 29.2 Å². The molecular weight excluding hydrogens is 363 g/mol. The summed E-state index contributed by atoms with van der Waals surface area (Å²) in [4.78, 5) is 11.7. The number of hydrogen-bond donors (Lipinski definition) is 0. The highest BCUT2D eigenvalue weighted by Crippen LogP contribution is 2.32. The fourth-order valence-electron chi connectivity index (χ4n) is 2.28. The molecule has 0 saturated carbocycles. The summed E-state index contributed by atoms with van der Waals surface area (Å²) in [6, 6.07) is 12.3. The first-order valence-electron chi connectivity index (χ1n) is 8.03. The molecule has 0 spiro atoms. The van der Waals surface area contributed by atoms with E-state index in [9.17, 15) is 4.79 Å². The summed E-state index contributed by atoms with van der Waals surface area (Å²) in [7, 11) is 0. The van der Waals surface area contributed by atoms with E-state index in [0.717, 1.165) is 5.56 Å². The molecular formula is C19H20Cl2O4. The maximum atomic E-state index is 11.7. The van der Waals surface area contributed by atoms with Gasteiger partial charge in [0.05, 0.1) is 24.2 Å². The molecule has 134 valence electrons. The molecule has 0 fully saturated rings. The quantitative estimate of drug-likeness (QED) is 0.539. The normalized spacial score (nSPS) is 11.8. The Morgan fingerprint density at radius 3 is 2.40 bits per heavy atom. The molecule has 0 N–H and O–H groups in total. The summed E-state index contributed by atoms with van der Waals surface area (Å²) in [5, 5.41) is 1.02. The molecule has 0 aliphatic heterocycles. The largest absolute Gasteiger partial charge is 0.466 e. The van der Waals surface area contributed by atoms with Gasteiger partial charge in [-0.3, -0.25) is 4.79 Å². The first-order chi connectivity index (χ1) is 12.0. The zero-order valence-corrected chi connectivity index (χ0v) is 15.6. The summed E-state index contributed by atoms with van der Waals surface area (Å²) in [5.41, 5.74) is 0.874. The lowest BCUT2D eigenvalue weighted by atomic mass is 10.1. The average Bonchev–Trinajstić information content (AvgIpc) is 2.59. The highest BCUT2D eigenvalue weighted by molar-refractivity contribution is 6.34. The predicted molar refractivity (Wildman–Crippen MR) is 98.6 cm³/mol. The van der Waals surface area contributed by atoms with Crippen LogP contribution in [-0.4, -0.2) is 19.2 Å². The molecule has 0 aromatic heterocycles. The molecule has 0 unspecified atom stereocenters. The maximum absolute atomic E-state index is 11.7. The molecule has 6 heteroatoms. The van der Waals surface area contributed by atoms with E-state index < -0.39 is 0 Å². The van der Waals surface area contributed by atoms with Crippen LogP contribution < -0.4 is 4.74 Å². The van der Waals surface area contributed by atoms with Crippen molar-refractivity contribution in [2.75, 3.05) is 13.2 Å². The predicted octanol–water partition coefficient (Wildman–Crippen LogP) is 5.82. The number of carbonyl (C=O) groups excluding carboxylic acids is 1. The Morgan fingerprint density at radius 2 is 1.76 bits per heavy atom. The van der Waals surface area contributed by atoms with Gasteiger partial charge in [-0.25, -0.2) is 0 Å². The van der Waals surface area contributed by atoms with E-state index in [1.165, 1.54) is 0 Å². The Labute approximate surface area is 157 Å². The zero-order chi connectivity index (χ0) is 18.2. The molecule has 0 saturated heterocycles. The second kappa shape index (κ2) is 9.66. The van der Waals surface area contributed by atoms with Crippen LogP contribution in [0.5, 0.6) is 11.5 Å². The number of halogens is 2. The summed E-state index contributed by atoms with van der Waals surface area (Å²) in [5.74, 6) is 0.807. The van der Waals surface area contributed by atoms with Crippen LogP contribution in [0.4, 0.5) is 0 Å². The van der Waals surface area contributed by atoms with Crippen molar-refractivity contribution in [2.24, 2.45) is 0 Å². The lowest BCUT2D eigenvalue weighted by Gasteiger charge is -2.17. The summed E-state index contributed by atoms with van der Waals surface area (Å²) < 4.78 is 16.4. The molecule has 1 atom stereocenters. The van der Waals surface area contributed by atoms with Crippen molar-refractivity contribution in [3.8, 4) is 11.5 Å². The van der Waals surface area contributed by atoms with Crippen LogP contribution in [0, 0.1) is 0 Å². The second-order valence-electron chi connectivity index (χ2n) is 5.20. The van der Waals surface area contributed by atoms with E-state index in [1.54, 1.807) is 37.3 Å². The molecule has 25 heavy (non-hydrogen) atoms. The lowest BCUT2D eigenvalue weighted by molar-refractivity contribution is -0.146. The third-order valence-electron chi connectivity index (χ3n) is 3.40. The van der Waals surface area contributed by atoms with Crippen molar-refractivity contribution in [2.45, 2.75) is 26.4 Å². The lowest BCUT2D eigenvalue weighted by Crippen LogP contribution is -2.13. The van der Waals surface area contributed by atoms with E-state index in [1.807, 2.05) is 19.1 Å². The van der Waals surface area contributed by atoms with Crippen LogP contribution >= 0.6 is 23.2 Å². The van der Waals surface area contributed by atoms with Gasteiger partial charge >= 0.3 is 5.97 Å².